The molecule has 2 aliphatic rings. The van der Waals surface area contributed by atoms with Gasteiger partial charge >= 0.3 is 0 Å². The second kappa shape index (κ2) is 6.61. The van der Waals surface area contributed by atoms with Crippen LogP contribution in [0.3, 0.4) is 0 Å². The molecule has 1 aromatic carbocycles. The molecule has 1 unspecified atom stereocenters. The van der Waals surface area contributed by atoms with Crippen LogP contribution in [0, 0.1) is 5.82 Å². The molecule has 24 heavy (non-hydrogen) atoms. The second-order valence-electron chi connectivity index (χ2n) is 6.94. The molecule has 3 heterocycles. The van der Waals surface area contributed by atoms with Gasteiger partial charge < -0.3 is 9.32 Å². The fourth-order valence-electron chi connectivity index (χ4n) is 3.82. The molecule has 1 atom stereocenters. The molecule has 2 saturated heterocycles. The summed E-state index contributed by atoms with van der Waals surface area (Å²) in [6.45, 7) is 4.39. The molecule has 5 nitrogen and oxygen atoms in total. The number of hydrogen-bond donors (Lipinski definition) is 0. The van der Waals surface area contributed by atoms with E-state index in [2.05, 4.69) is 27.0 Å². The maximum absolute atomic E-state index is 13.9. The summed E-state index contributed by atoms with van der Waals surface area (Å²) in [6, 6.07) is 7.19. The first-order valence-corrected chi connectivity index (χ1v) is 8.71. The maximum Gasteiger partial charge on any atom is 0.250 e. The van der Waals surface area contributed by atoms with Crippen molar-refractivity contribution in [2.75, 3.05) is 33.2 Å². The fraction of sp³-hybridized carbons (Fsp3) is 0.556. The molecule has 128 valence electrons. The molecule has 4 rings (SSSR count). The first kappa shape index (κ1) is 15.7. The molecule has 1 aromatic heterocycles. The number of piperidine rings is 1. The number of aromatic nitrogens is 2. The van der Waals surface area contributed by atoms with Crippen molar-refractivity contribution >= 4 is 0 Å². The zero-order valence-corrected chi connectivity index (χ0v) is 14.0. The lowest BCUT2D eigenvalue weighted by molar-refractivity contribution is 0.141. The third kappa shape index (κ3) is 3.08. The molecule has 2 aliphatic heterocycles. The summed E-state index contributed by atoms with van der Waals surface area (Å²) < 4.78 is 19.6. The third-order valence-corrected chi connectivity index (χ3v) is 5.32. The topological polar surface area (TPSA) is 45.4 Å². The molecule has 2 fully saturated rings. The standard InChI is InChI=1S/C18H23FN4O/c1-22-9-7-14(8-10-22)23-11-6-13(12-23)17-20-21-18(24-17)15-4-2-3-5-16(15)19/h2-5,13-14H,6-12H2,1H3. The SMILES string of the molecule is CN1CCC(N2CCC(c3nnc(-c4ccccc4F)o3)C2)CC1. The lowest BCUT2D eigenvalue weighted by Gasteiger charge is -2.35. The predicted molar refractivity (Wildman–Crippen MR) is 89.1 cm³/mol. The normalized spacial score (nSPS) is 23.8. The Hall–Kier alpha value is -1.79. The van der Waals surface area contributed by atoms with Gasteiger partial charge in [-0.2, -0.15) is 0 Å². The van der Waals surface area contributed by atoms with E-state index in [4.69, 9.17) is 4.42 Å². The summed E-state index contributed by atoms with van der Waals surface area (Å²) in [7, 11) is 2.19. The van der Waals surface area contributed by atoms with Gasteiger partial charge in [0.2, 0.25) is 5.89 Å². The van der Waals surface area contributed by atoms with Gasteiger partial charge in [-0.3, -0.25) is 4.90 Å². The van der Waals surface area contributed by atoms with E-state index < -0.39 is 0 Å². The zero-order chi connectivity index (χ0) is 16.5. The molecular weight excluding hydrogens is 307 g/mol. The van der Waals surface area contributed by atoms with Gasteiger partial charge in [0.15, 0.2) is 0 Å². The highest BCUT2D eigenvalue weighted by atomic mass is 19.1. The van der Waals surface area contributed by atoms with Gasteiger partial charge in [0.25, 0.3) is 5.89 Å². The van der Waals surface area contributed by atoms with Crippen LogP contribution < -0.4 is 0 Å². The highest BCUT2D eigenvalue weighted by Crippen LogP contribution is 2.32. The van der Waals surface area contributed by atoms with Gasteiger partial charge in [-0.25, -0.2) is 4.39 Å². The van der Waals surface area contributed by atoms with E-state index in [0.29, 0.717) is 17.5 Å². The van der Waals surface area contributed by atoms with Gasteiger partial charge in [-0.1, -0.05) is 12.1 Å². The van der Waals surface area contributed by atoms with Gasteiger partial charge in [-0.15, -0.1) is 10.2 Å². The molecular formula is C18H23FN4O. The van der Waals surface area contributed by atoms with Crippen LogP contribution in [-0.4, -0.2) is 59.3 Å². The Morgan fingerprint density at radius 1 is 1.08 bits per heavy atom. The molecule has 6 heteroatoms. The van der Waals surface area contributed by atoms with E-state index in [0.717, 1.165) is 19.5 Å². The minimum Gasteiger partial charge on any atom is -0.420 e. The number of rotatable bonds is 3. The van der Waals surface area contributed by atoms with E-state index in [1.54, 1.807) is 18.2 Å². The Bertz CT molecular complexity index is 696. The molecule has 0 bridgehead atoms. The molecule has 0 saturated carbocycles. The average Bonchev–Trinajstić information content (AvgIpc) is 3.25. The molecule has 0 amide bonds. The molecule has 0 radical (unpaired) electrons. The first-order valence-electron chi connectivity index (χ1n) is 8.71. The third-order valence-electron chi connectivity index (χ3n) is 5.32. The summed E-state index contributed by atoms with van der Waals surface area (Å²) in [4.78, 5) is 4.95. The number of benzene rings is 1. The van der Waals surface area contributed by atoms with Gasteiger partial charge in [0.1, 0.15) is 5.82 Å². The smallest absolute Gasteiger partial charge is 0.250 e. The number of hydrogen-bond acceptors (Lipinski definition) is 5. The highest BCUT2D eigenvalue weighted by molar-refractivity contribution is 5.53. The number of nitrogens with zero attached hydrogens (tertiary/aromatic N) is 4. The van der Waals surface area contributed by atoms with Crippen LogP contribution in [0.5, 0.6) is 0 Å². The van der Waals surface area contributed by atoms with Crippen LogP contribution in [-0.2, 0) is 0 Å². The Balaban J connectivity index is 1.43. The predicted octanol–water partition coefficient (Wildman–Crippen LogP) is 2.76. The molecule has 2 aromatic rings. The van der Waals surface area contributed by atoms with E-state index in [9.17, 15) is 4.39 Å². The van der Waals surface area contributed by atoms with Crippen molar-refractivity contribution < 1.29 is 8.81 Å². The van der Waals surface area contributed by atoms with Crippen molar-refractivity contribution in [3.05, 3.63) is 36.0 Å². The van der Waals surface area contributed by atoms with Crippen LogP contribution >= 0.6 is 0 Å². The van der Waals surface area contributed by atoms with Crippen LogP contribution in [0.2, 0.25) is 0 Å². The van der Waals surface area contributed by atoms with Gasteiger partial charge in [0.05, 0.1) is 11.5 Å². The van der Waals surface area contributed by atoms with Crippen LogP contribution in [0.1, 0.15) is 31.1 Å². The maximum atomic E-state index is 13.9. The monoisotopic (exact) mass is 330 g/mol. The lowest BCUT2D eigenvalue weighted by atomic mass is 10.0. The summed E-state index contributed by atoms with van der Waals surface area (Å²) in [5.41, 5.74) is 0.376. The van der Waals surface area contributed by atoms with Crippen LogP contribution in [0.15, 0.2) is 28.7 Å². The quantitative estimate of drug-likeness (QED) is 0.866. The van der Waals surface area contributed by atoms with E-state index in [1.165, 1.54) is 32.0 Å². The number of halogens is 1. The Kier molecular flexibility index (Phi) is 4.33. The lowest BCUT2D eigenvalue weighted by Crippen LogP contribution is -2.42. The van der Waals surface area contributed by atoms with Crippen molar-refractivity contribution in [3.8, 4) is 11.5 Å². The summed E-state index contributed by atoms with van der Waals surface area (Å²) in [5, 5.41) is 8.25. The largest absolute Gasteiger partial charge is 0.420 e. The molecule has 0 spiro atoms. The van der Waals surface area contributed by atoms with Crippen molar-refractivity contribution in [1.82, 2.24) is 20.0 Å². The van der Waals surface area contributed by atoms with Gasteiger partial charge in [-0.05, 0) is 58.1 Å². The van der Waals surface area contributed by atoms with E-state index in [1.807, 2.05) is 0 Å². The minimum atomic E-state index is -0.327. The van der Waals surface area contributed by atoms with Crippen molar-refractivity contribution in [2.45, 2.75) is 31.2 Å². The zero-order valence-electron chi connectivity index (χ0n) is 14.0. The van der Waals surface area contributed by atoms with Crippen LogP contribution in [0.4, 0.5) is 4.39 Å². The van der Waals surface area contributed by atoms with Crippen molar-refractivity contribution in [1.29, 1.82) is 0 Å². The van der Waals surface area contributed by atoms with Crippen LogP contribution in [0.25, 0.3) is 11.5 Å². The summed E-state index contributed by atoms with van der Waals surface area (Å²) in [5.74, 6) is 0.856. The van der Waals surface area contributed by atoms with E-state index in [-0.39, 0.29) is 17.6 Å². The highest BCUT2D eigenvalue weighted by Gasteiger charge is 2.33. The molecule has 0 N–H and O–H groups in total. The fourth-order valence-corrected chi connectivity index (χ4v) is 3.82. The van der Waals surface area contributed by atoms with Crippen molar-refractivity contribution in [2.24, 2.45) is 0 Å². The Morgan fingerprint density at radius 2 is 1.88 bits per heavy atom. The summed E-state index contributed by atoms with van der Waals surface area (Å²) >= 11 is 0. The second-order valence-corrected chi connectivity index (χ2v) is 6.94. The Labute approximate surface area is 141 Å². The van der Waals surface area contributed by atoms with Crippen molar-refractivity contribution in [3.63, 3.8) is 0 Å². The minimum absolute atomic E-state index is 0.262. The summed E-state index contributed by atoms with van der Waals surface area (Å²) in [6.07, 6.45) is 3.49. The Morgan fingerprint density at radius 3 is 2.67 bits per heavy atom. The first-order chi connectivity index (χ1) is 11.7. The average molecular weight is 330 g/mol. The van der Waals surface area contributed by atoms with E-state index >= 15 is 0 Å². The number of likely N-dealkylation sites (tertiary alicyclic amines) is 2. The molecule has 0 aliphatic carbocycles. The van der Waals surface area contributed by atoms with Gasteiger partial charge in [0, 0.05) is 12.6 Å².